The molecule has 0 saturated carbocycles. The van der Waals surface area contributed by atoms with Gasteiger partial charge in [0.15, 0.2) is 0 Å². The lowest BCUT2D eigenvalue weighted by Crippen LogP contribution is -2.40. The molecule has 1 aromatic rings. The van der Waals surface area contributed by atoms with E-state index in [1.54, 1.807) is 19.1 Å². The molecule has 1 fully saturated rings. The lowest BCUT2D eigenvalue weighted by molar-refractivity contribution is 0.0911. The number of hydrogen-bond acceptors (Lipinski definition) is 4. The summed E-state index contributed by atoms with van der Waals surface area (Å²) in [7, 11) is -2.07. The van der Waals surface area contributed by atoms with Crippen molar-refractivity contribution >= 4 is 10.0 Å². The Bertz CT molecular complexity index is 590. The molecule has 1 atom stereocenters. The fourth-order valence-electron chi connectivity index (χ4n) is 2.72. The van der Waals surface area contributed by atoms with Gasteiger partial charge in [-0.2, -0.15) is 4.31 Å². The number of aliphatic hydroxyl groups is 1. The molecule has 0 aromatic heterocycles. The van der Waals surface area contributed by atoms with Crippen LogP contribution in [-0.2, 0) is 10.0 Å². The molecule has 1 N–H and O–H groups in total. The van der Waals surface area contributed by atoms with Gasteiger partial charge in [-0.25, -0.2) is 8.42 Å². The van der Waals surface area contributed by atoms with Crippen LogP contribution in [0.2, 0.25) is 0 Å². The maximum atomic E-state index is 12.8. The van der Waals surface area contributed by atoms with Crippen LogP contribution in [0.25, 0.3) is 0 Å². The highest BCUT2D eigenvalue weighted by Gasteiger charge is 2.32. The van der Waals surface area contributed by atoms with Gasteiger partial charge in [0.25, 0.3) is 0 Å². The first-order valence-corrected chi connectivity index (χ1v) is 8.63. The van der Waals surface area contributed by atoms with Gasteiger partial charge >= 0.3 is 0 Å². The minimum Gasteiger partial charge on any atom is -0.495 e. The van der Waals surface area contributed by atoms with Crippen molar-refractivity contribution in [3.05, 3.63) is 23.8 Å². The highest BCUT2D eigenvalue weighted by atomic mass is 32.2. The summed E-state index contributed by atoms with van der Waals surface area (Å²) in [6.45, 7) is 4.50. The number of piperidine rings is 1. The molecule has 21 heavy (non-hydrogen) atoms. The molecule has 1 heterocycles. The molecule has 0 bridgehead atoms. The summed E-state index contributed by atoms with van der Waals surface area (Å²) in [5.41, 5.74) is 0.883. The summed E-state index contributed by atoms with van der Waals surface area (Å²) in [5, 5.41) is 9.61. The molecule has 0 radical (unpaired) electrons. The average Bonchev–Trinajstić information content (AvgIpc) is 2.47. The number of sulfonamides is 1. The van der Waals surface area contributed by atoms with Crippen molar-refractivity contribution in [2.45, 2.75) is 37.7 Å². The summed E-state index contributed by atoms with van der Waals surface area (Å²) < 4.78 is 32.2. The molecule has 6 heteroatoms. The largest absolute Gasteiger partial charge is 0.495 e. The third-order valence-electron chi connectivity index (χ3n) is 4.12. The van der Waals surface area contributed by atoms with Crippen LogP contribution in [0.3, 0.4) is 0 Å². The first-order valence-electron chi connectivity index (χ1n) is 7.19. The van der Waals surface area contributed by atoms with Crippen molar-refractivity contribution in [3.63, 3.8) is 0 Å². The van der Waals surface area contributed by atoms with Crippen LogP contribution in [-0.4, -0.2) is 44.1 Å². The molecule has 1 aromatic carbocycles. The zero-order valence-electron chi connectivity index (χ0n) is 12.7. The Morgan fingerprint density at radius 2 is 1.95 bits per heavy atom. The summed E-state index contributed by atoms with van der Waals surface area (Å²) in [6.07, 6.45) is 0.985. The molecule has 1 saturated heterocycles. The lowest BCUT2D eigenvalue weighted by Gasteiger charge is -2.32. The van der Waals surface area contributed by atoms with E-state index in [-0.39, 0.29) is 16.9 Å². The second-order valence-electron chi connectivity index (χ2n) is 5.64. The summed E-state index contributed by atoms with van der Waals surface area (Å²) in [4.78, 5) is 0.223. The van der Waals surface area contributed by atoms with Crippen LogP contribution in [0.15, 0.2) is 23.1 Å². The van der Waals surface area contributed by atoms with Gasteiger partial charge in [0.1, 0.15) is 10.6 Å². The van der Waals surface area contributed by atoms with Gasteiger partial charge in [-0.1, -0.05) is 6.07 Å². The van der Waals surface area contributed by atoms with Crippen molar-refractivity contribution in [3.8, 4) is 5.75 Å². The summed E-state index contributed by atoms with van der Waals surface area (Å²) >= 11 is 0. The van der Waals surface area contributed by atoms with Crippen molar-refractivity contribution in [1.82, 2.24) is 4.31 Å². The third kappa shape index (κ3) is 3.39. The molecule has 1 aliphatic heterocycles. The van der Waals surface area contributed by atoms with Crippen LogP contribution in [0.5, 0.6) is 5.75 Å². The Hall–Kier alpha value is -1.11. The summed E-state index contributed by atoms with van der Waals surface area (Å²) in [6, 6.07) is 5.16. The fourth-order valence-corrected chi connectivity index (χ4v) is 4.43. The molecule has 2 rings (SSSR count). The maximum absolute atomic E-state index is 12.8. The topological polar surface area (TPSA) is 66.8 Å². The lowest BCUT2D eigenvalue weighted by atomic mass is 9.93. The standard InChI is InChI=1S/C15H23NO4S/c1-11-4-5-14(20-3)15(10-11)21(18,19)16-8-6-13(7-9-16)12(2)17/h4-5,10,12-13,17H,6-9H2,1-3H3. The average molecular weight is 313 g/mol. The second-order valence-corrected chi connectivity index (χ2v) is 7.54. The van der Waals surface area contributed by atoms with Crippen LogP contribution >= 0.6 is 0 Å². The highest BCUT2D eigenvalue weighted by molar-refractivity contribution is 7.89. The van der Waals surface area contributed by atoms with Gasteiger partial charge in [-0.3, -0.25) is 0 Å². The molecule has 0 aliphatic carbocycles. The van der Waals surface area contributed by atoms with Crippen LogP contribution in [0.4, 0.5) is 0 Å². The highest BCUT2D eigenvalue weighted by Crippen LogP contribution is 2.31. The molecule has 1 unspecified atom stereocenters. The summed E-state index contributed by atoms with van der Waals surface area (Å²) in [5.74, 6) is 0.550. The van der Waals surface area contributed by atoms with E-state index < -0.39 is 10.0 Å². The van der Waals surface area contributed by atoms with E-state index >= 15 is 0 Å². The number of hydrogen-bond donors (Lipinski definition) is 1. The van der Waals surface area contributed by atoms with E-state index in [9.17, 15) is 13.5 Å². The molecule has 1 aliphatic rings. The smallest absolute Gasteiger partial charge is 0.246 e. The molecule has 5 nitrogen and oxygen atoms in total. The van der Waals surface area contributed by atoms with Crippen LogP contribution in [0.1, 0.15) is 25.3 Å². The van der Waals surface area contributed by atoms with E-state index in [4.69, 9.17) is 4.74 Å². The SMILES string of the molecule is COc1ccc(C)cc1S(=O)(=O)N1CCC(C(C)O)CC1. The molecule has 0 spiro atoms. The first-order chi connectivity index (χ1) is 9.86. The van der Waals surface area contributed by atoms with E-state index in [2.05, 4.69) is 0 Å². The van der Waals surface area contributed by atoms with Gasteiger partial charge in [-0.15, -0.1) is 0 Å². The molecule has 0 amide bonds. The minimum absolute atomic E-state index is 0.177. The maximum Gasteiger partial charge on any atom is 0.246 e. The van der Waals surface area contributed by atoms with E-state index in [1.807, 2.05) is 13.0 Å². The quantitative estimate of drug-likeness (QED) is 0.920. The predicted molar refractivity (Wildman–Crippen MR) is 80.9 cm³/mol. The Morgan fingerprint density at radius 3 is 2.48 bits per heavy atom. The van der Waals surface area contributed by atoms with Crippen molar-refractivity contribution in [2.75, 3.05) is 20.2 Å². The molecular weight excluding hydrogens is 290 g/mol. The van der Waals surface area contributed by atoms with Crippen molar-refractivity contribution in [2.24, 2.45) is 5.92 Å². The zero-order valence-corrected chi connectivity index (χ0v) is 13.6. The van der Waals surface area contributed by atoms with Gasteiger partial charge in [-0.05, 0) is 50.3 Å². The number of nitrogens with zero attached hydrogens (tertiary/aromatic N) is 1. The third-order valence-corrected chi connectivity index (χ3v) is 6.04. The van der Waals surface area contributed by atoms with Gasteiger partial charge in [0, 0.05) is 13.1 Å². The number of aryl methyl sites for hydroxylation is 1. The number of rotatable bonds is 4. The Labute approximate surface area is 126 Å². The number of methoxy groups -OCH3 is 1. The number of benzene rings is 1. The van der Waals surface area contributed by atoms with Gasteiger partial charge in [0.2, 0.25) is 10.0 Å². The zero-order chi connectivity index (χ0) is 15.6. The monoisotopic (exact) mass is 313 g/mol. The van der Waals surface area contributed by atoms with Gasteiger partial charge in [0.05, 0.1) is 13.2 Å². The molecule has 118 valence electrons. The predicted octanol–water partition coefficient (Wildman–Crippen LogP) is 1.79. The minimum atomic E-state index is -3.55. The Kier molecular flexibility index (Phi) is 4.91. The number of aliphatic hydroxyl groups excluding tert-OH is 1. The van der Waals surface area contributed by atoms with Gasteiger partial charge < -0.3 is 9.84 Å². The molecular formula is C15H23NO4S. The van der Waals surface area contributed by atoms with Crippen molar-refractivity contribution < 1.29 is 18.3 Å². The van der Waals surface area contributed by atoms with Crippen LogP contribution in [0, 0.1) is 12.8 Å². The second kappa shape index (κ2) is 6.34. The van der Waals surface area contributed by atoms with Crippen molar-refractivity contribution in [1.29, 1.82) is 0 Å². The van der Waals surface area contributed by atoms with E-state index in [1.165, 1.54) is 11.4 Å². The van der Waals surface area contributed by atoms with E-state index in [0.29, 0.717) is 31.7 Å². The first kappa shape index (κ1) is 16.3. The van der Waals surface area contributed by atoms with Crippen LogP contribution < -0.4 is 4.74 Å². The normalized spacial score (nSPS) is 19.4. The Morgan fingerprint density at radius 1 is 1.33 bits per heavy atom. The fraction of sp³-hybridized carbons (Fsp3) is 0.600. The Balaban J connectivity index is 2.25. The van der Waals surface area contributed by atoms with E-state index in [0.717, 1.165) is 5.56 Å². The number of ether oxygens (including phenoxy) is 1.